The number of nitrogens with two attached hydrogens (primary N) is 1. The van der Waals surface area contributed by atoms with Gasteiger partial charge in [0.05, 0.1) is 5.70 Å². The van der Waals surface area contributed by atoms with E-state index in [-0.39, 0.29) is 0 Å². The number of hydrogen-bond acceptors (Lipinski definition) is 3. The summed E-state index contributed by atoms with van der Waals surface area (Å²) in [6.07, 6.45) is 4.13. The number of rotatable bonds is 1. The number of aliphatic imine (C=N–C) groups is 1. The van der Waals surface area contributed by atoms with Crippen molar-refractivity contribution in [2.24, 2.45) is 10.7 Å². The van der Waals surface area contributed by atoms with Crippen LogP contribution in [-0.2, 0) is 0 Å². The maximum atomic E-state index is 5.56. The molecule has 0 unspecified atom stereocenters. The summed E-state index contributed by atoms with van der Waals surface area (Å²) in [5.41, 5.74) is 7.77. The maximum absolute atomic E-state index is 5.56. The van der Waals surface area contributed by atoms with E-state index in [2.05, 4.69) is 11.1 Å². The van der Waals surface area contributed by atoms with Crippen molar-refractivity contribution in [2.45, 2.75) is 13.8 Å². The molecule has 3 heteroatoms. The molecule has 11 heavy (non-hydrogen) atoms. The van der Waals surface area contributed by atoms with Crippen LogP contribution in [0.5, 0.6) is 0 Å². The van der Waals surface area contributed by atoms with Gasteiger partial charge in [0.25, 0.3) is 0 Å². The van der Waals surface area contributed by atoms with Crippen molar-refractivity contribution in [3.8, 4) is 0 Å². The van der Waals surface area contributed by atoms with Crippen molar-refractivity contribution in [3.63, 3.8) is 0 Å². The first-order chi connectivity index (χ1) is 5.24. The van der Waals surface area contributed by atoms with Crippen LogP contribution in [0.1, 0.15) is 13.8 Å². The van der Waals surface area contributed by atoms with Crippen LogP contribution in [0, 0.1) is 0 Å². The molecule has 0 spiro atoms. The van der Waals surface area contributed by atoms with Gasteiger partial charge < -0.3 is 5.73 Å². The SMILES string of the molecule is C/C=C(\C)C1=CCSC(N)=N1. The van der Waals surface area contributed by atoms with Crippen molar-refractivity contribution >= 4 is 16.9 Å². The molecule has 0 aromatic carbocycles. The topological polar surface area (TPSA) is 38.4 Å². The highest BCUT2D eigenvalue weighted by Crippen LogP contribution is 2.18. The molecular weight excluding hydrogens is 156 g/mol. The molecule has 1 aliphatic rings. The van der Waals surface area contributed by atoms with Crippen LogP contribution in [0.2, 0.25) is 0 Å². The first-order valence-corrected chi connectivity index (χ1v) is 4.53. The van der Waals surface area contributed by atoms with Gasteiger partial charge in [-0.25, -0.2) is 4.99 Å². The van der Waals surface area contributed by atoms with Crippen LogP contribution in [0.15, 0.2) is 28.4 Å². The zero-order valence-corrected chi connectivity index (χ0v) is 7.61. The Balaban J connectivity index is 2.82. The molecule has 1 heterocycles. The van der Waals surface area contributed by atoms with E-state index in [1.807, 2.05) is 19.9 Å². The fraction of sp³-hybridized carbons (Fsp3) is 0.375. The fourth-order valence-corrected chi connectivity index (χ4v) is 1.37. The van der Waals surface area contributed by atoms with Crippen molar-refractivity contribution in [1.82, 2.24) is 0 Å². The Hall–Kier alpha value is -0.700. The van der Waals surface area contributed by atoms with Gasteiger partial charge in [0, 0.05) is 5.75 Å². The summed E-state index contributed by atoms with van der Waals surface area (Å²) in [5, 5.41) is 0.670. The van der Waals surface area contributed by atoms with Crippen LogP contribution in [0.25, 0.3) is 0 Å². The molecule has 0 aromatic heterocycles. The van der Waals surface area contributed by atoms with Gasteiger partial charge in [-0.05, 0) is 25.5 Å². The van der Waals surface area contributed by atoms with Gasteiger partial charge in [0.2, 0.25) is 0 Å². The lowest BCUT2D eigenvalue weighted by molar-refractivity contribution is 1.25. The van der Waals surface area contributed by atoms with Crippen LogP contribution >= 0.6 is 11.8 Å². The average Bonchev–Trinajstić information content (AvgIpc) is 2.03. The standard InChI is InChI=1S/C8H12N2S/c1-3-6(2)7-4-5-11-8(9)10-7/h3-4H,5H2,1-2H3,(H2,9,10)/b6-3+. The quantitative estimate of drug-likeness (QED) is 0.649. The summed E-state index contributed by atoms with van der Waals surface area (Å²) in [5.74, 6) is 0.940. The summed E-state index contributed by atoms with van der Waals surface area (Å²) in [4.78, 5) is 4.20. The van der Waals surface area contributed by atoms with Crippen LogP contribution < -0.4 is 5.73 Å². The molecule has 0 atom stereocenters. The molecule has 2 nitrogen and oxygen atoms in total. The molecule has 0 saturated carbocycles. The van der Waals surface area contributed by atoms with E-state index >= 15 is 0 Å². The van der Waals surface area contributed by atoms with Gasteiger partial charge in [0.1, 0.15) is 0 Å². The van der Waals surface area contributed by atoms with Crippen LogP contribution in [0.4, 0.5) is 0 Å². The van der Waals surface area contributed by atoms with Crippen molar-refractivity contribution in [2.75, 3.05) is 5.75 Å². The van der Waals surface area contributed by atoms with E-state index in [1.54, 1.807) is 11.8 Å². The molecule has 0 amide bonds. The van der Waals surface area contributed by atoms with E-state index in [1.165, 1.54) is 5.57 Å². The molecule has 2 N–H and O–H groups in total. The lowest BCUT2D eigenvalue weighted by atomic mass is 10.2. The summed E-state index contributed by atoms with van der Waals surface area (Å²) < 4.78 is 0. The molecule has 60 valence electrons. The zero-order valence-electron chi connectivity index (χ0n) is 6.79. The van der Waals surface area contributed by atoms with E-state index < -0.39 is 0 Å². The second-order valence-electron chi connectivity index (χ2n) is 2.32. The molecule has 0 aliphatic carbocycles. The van der Waals surface area contributed by atoms with E-state index in [4.69, 9.17) is 5.73 Å². The average molecular weight is 168 g/mol. The Bertz CT molecular complexity index is 238. The fourth-order valence-electron chi connectivity index (χ4n) is 0.800. The number of hydrogen-bond donors (Lipinski definition) is 1. The molecule has 1 rings (SSSR count). The van der Waals surface area contributed by atoms with Crippen molar-refractivity contribution < 1.29 is 0 Å². The third kappa shape index (κ3) is 2.12. The highest BCUT2D eigenvalue weighted by molar-refractivity contribution is 8.13. The van der Waals surface area contributed by atoms with Gasteiger partial charge >= 0.3 is 0 Å². The highest BCUT2D eigenvalue weighted by Gasteiger charge is 2.04. The summed E-state index contributed by atoms with van der Waals surface area (Å²) in [7, 11) is 0. The minimum Gasteiger partial charge on any atom is -0.378 e. The van der Waals surface area contributed by atoms with Gasteiger partial charge in [0.15, 0.2) is 5.17 Å². The highest BCUT2D eigenvalue weighted by atomic mass is 32.2. The predicted octanol–water partition coefficient (Wildman–Crippen LogP) is 1.90. The van der Waals surface area contributed by atoms with Crippen LogP contribution in [0.3, 0.4) is 0 Å². The zero-order chi connectivity index (χ0) is 8.27. The first-order valence-electron chi connectivity index (χ1n) is 3.54. The van der Waals surface area contributed by atoms with E-state index in [0.717, 1.165) is 11.4 Å². The summed E-state index contributed by atoms with van der Waals surface area (Å²) >= 11 is 1.57. The molecule has 0 saturated heterocycles. The monoisotopic (exact) mass is 168 g/mol. The van der Waals surface area contributed by atoms with Gasteiger partial charge in [-0.1, -0.05) is 17.8 Å². The molecule has 0 bridgehead atoms. The van der Waals surface area contributed by atoms with E-state index in [9.17, 15) is 0 Å². The van der Waals surface area contributed by atoms with Crippen molar-refractivity contribution in [3.05, 3.63) is 23.4 Å². The molecular formula is C8H12N2S. The van der Waals surface area contributed by atoms with Gasteiger partial charge in [-0.15, -0.1) is 0 Å². The predicted molar refractivity (Wildman–Crippen MR) is 51.6 cm³/mol. The van der Waals surface area contributed by atoms with Gasteiger partial charge in [-0.3, -0.25) is 0 Å². The normalized spacial score (nSPS) is 19.3. The Kier molecular flexibility index (Phi) is 2.76. The number of allylic oxidation sites excluding steroid dienone is 2. The molecule has 0 radical (unpaired) electrons. The summed E-state index contributed by atoms with van der Waals surface area (Å²) in [6, 6.07) is 0. The third-order valence-corrected chi connectivity index (χ3v) is 2.30. The number of thioether (sulfide) groups is 1. The summed E-state index contributed by atoms with van der Waals surface area (Å²) in [6.45, 7) is 4.04. The van der Waals surface area contributed by atoms with Gasteiger partial charge in [-0.2, -0.15) is 0 Å². The number of nitrogens with zero attached hydrogens (tertiary/aromatic N) is 1. The largest absolute Gasteiger partial charge is 0.378 e. The Morgan fingerprint density at radius 3 is 3.09 bits per heavy atom. The third-order valence-electron chi connectivity index (χ3n) is 1.58. The van der Waals surface area contributed by atoms with Crippen LogP contribution in [-0.4, -0.2) is 10.9 Å². The Labute approximate surface area is 71.3 Å². The van der Waals surface area contributed by atoms with E-state index in [0.29, 0.717) is 5.17 Å². The molecule has 0 aromatic rings. The second-order valence-corrected chi connectivity index (χ2v) is 3.36. The lowest BCUT2D eigenvalue weighted by Gasteiger charge is -2.08. The smallest absolute Gasteiger partial charge is 0.159 e. The Morgan fingerprint density at radius 1 is 1.82 bits per heavy atom. The molecule has 0 fully saturated rings. The minimum absolute atomic E-state index is 0.670. The maximum Gasteiger partial charge on any atom is 0.159 e. The minimum atomic E-state index is 0.670. The first kappa shape index (κ1) is 8.40. The van der Waals surface area contributed by atoms with Crippen molar-refractivity contribution in [1.29, 1.82) is 0 Å². The second kappa shape index (κ2) is 3.62. The molecule has 1 aliphatic heterocycles. The Morgan fingerprint density at radius 2 is 2.55 bits per heavy atom. The number of amidine groups is 1. The lowest BCUT2D eigenvalue weighted by Crippen LogP contribution is -2.10.